The van der Waals surface area contributed by atoms with Crippen LogP contribution in [0.25, 0.3) is 0 Å². The molecule has 0 aliphatic carbocycles. The number of carbonyl (C=O) groups is 6. The van der Waals surface area contributed by atoms with Crippen molar-refractivity contribution in [1.82, 2.24) is 0 Å². The fraction of sp³-hybridized carbons (Fsp3) is 0. The number of halogens is 1. The topological polar surface area (TPSA) is 161 Å². The van der Waals surface area contributed by atoms with Crippen LogP contribution >= 0.6 is 11.6 Å². The van der Waals surface area contributed by atoms with Crippen molar-refractivity contribution in [3.63, 3.8) is 0 Å². The Morgan fingerprint density at radius 2 is 1.41 bits per heavy atom. The maximum atomic E-state index is 12.4. The molecule has 146 valence electrons. The van der Waals surface area contributed by atoms with E-state index in [9.17, 15) is 39.0 Å². The third-order valence-electron chi connectivity index (χ3n) is 3.86. The van der Waals surface area contributed by atoms with E-state index in [0.29, 0.717) is 0 Å². The number of ether oxygens (including phenoxy) is 2. The first kappa shape index (κ1) is 19.7. The van der Waals surface area contributed by atoms with E-state index in [-0.39, 0.29) is 16.9 Å². The van der Waals surface area contributed by atoms with Crippen molar-refractivity contribution < 1.29 is 48.5 Å². The van der Waals surface area contributed by atoms with Gasteiger partial charge in [0.05, 0.1) is 33.4 Å². The average molecular weight is 419 g/mol. The van der Waals surface area contributed by atoms with Gasteiger partial charge < -0.3 is 19.7 Å². The zero-order valence-electron chi connectivity index (χ0n) is 13.9. The molecule has 0 radical (unpaired) electrons. The number of rotatable bonds is 5. The molecule has 0 fully saturated rings. The molecule has 2 aromatic carbocycles. The summed E-state index contributed by atoms with van der Waals surface area (Å²) in [5, 5.41) is 17.1. The maximum absolute atomic E-state index is 12.4. The minimum Gasteiger partial charge on any atom is -0.478 e. The van der Waals surface area contributed by atoms with Crippen LogP contribution in [-0.2, 0) is 4.74 Å². The van der Waals surface area contributed by atoms with Gasteiger partial charge in [-0.05, 0) is 41.9 Å². The largest absolute Gasteiger partial charge is 0.478 e. The van der Waals surface area contributed by atoms with E-state index in [1.54, 1.807) is 0 Å². The summed E-state index contributed by atoms with van der Waals surface area (Å²) in [6, 6.07) is 4.90. The molecule has 0 unspecified atom stereocenters. The SMILES string of the molecule is O=C(Oc1ccc2c(c1)C(=O)OC2=O)c1cc(C(=O)O)c(C(=O)Cl)c(C(=O)O)c1. The van der Waals surface area contributed by atoms with Gasteiger partial charge in [-0.2, -0.15) is 0 Å². The van der Waals surface area contributed by atoms with Gasteiger partial charge >= 0.3 is 29.8 Å². The van der Waals surface area contributed by atoms with E-state index in [4.69, 9.17) is 16.3 Å². The maximum Gasteiger partial charge on any atom is 0.347 e. The van der Waals surface area contributed by atoms with E-state index in [2.05, 4.69) is 4.74 Å². The quantitative estimate of drug-likeness (QED) is 0.318. The van der Waals surface area contributed by atoms with Gasteiger partial charge in [0.25, 0.3) is 5.24 Å². The molecule has 11 heteroatoms. The molecule has 1 heterocycles. The van der Waals surface area contributed by atoms with Gasteiger partial charge in [-0.25, -0.2) is 24.0 Å². The van der Waals surface area contributed by atoms with Crippen LogP contribution in [0.1, 0.15) is 62.1 Å². The molecule has 0 atom stereocenters. The van der Waals surface area contributed by atoms with Gasteiger partial charge in [-0.1, -0.05) is 0 Å². The Bertz CT molecular complexity index is 1110. The molecule has 0 amide bonds. The zero-order valence-corrected chi connectivity index (χ0v) is 14.7. The van der Waals surface area contributed by atoms with Crippen molar-refractivity contribution in [2.24, 2.45) is 0 Å². The highest BCUT2D eigenvalue weighted by Crippen LogP contribution is 2.26. The van der Waals surface area contributed by atoms with Crippen LogP contribution in [0.3, 0.4) is 0 Å². The summed E-state index contributed by atoms with van der Waals surface area (Å²) in [5.41, 5.74) is -3.07. The van der Waals surface area contributed by atoms with Crippen molar-refractivity contribution in [2.75, 3.05) is 0 Å². The van der Waals surface area contributed by atoms with Crippen LogP contribution in [0.4, 0.5) is 0 Å². The normalized spacial score (nSPS) is 12.2. The van der Waals surface area contributed by atoms with Gasteiger partial charge in [-0.15, -0.1) is 0 Å². The first-order chi connectivity index (χ1) is 13.6. The fourth-order valence-electron chi connectivity index (χ4n) is 2.60. The second-order valence-electron chi connectivity index (χ2n) is 5.60. The van der Waals surface area contributed by atoms with Gasteiger partial charge in [0.2, 0.25) is 0 Å². The number of hydrogen-bond donors (Lipinski definition) is 2. The smallest absolute Gasteiger partial charge is 0.347 e. The number of carbonyl (C=O) groups excluding carboxylic acids is 4. The van der Waals surface area contributed by atoms with E-state index in [1.807, 2.05) is 0 Å². The van der Waals surface area contributed by atoms with Crippen LogP contribution in [-0.4, -0.2) is 45.3 Å². The number of carboxylic acid groups (broad SMARTS) is 2. The molecule has 0 bridgehead atoms. The van der Waals surface area contributed by atoms with Crippen LogP contribution < -0.4 is 4.74 Å². The Kier molecular flexibility index (Phi) is 4.87. The van der Waals surface area contributed by atoms with Crippen LogP contribution in [0, 0.1) is 0 Å². The summed E-state index contributed by atoms with van der Waals surface area (Å²) in [6.07, 6.45) is 0. The number of aromatic carboxylic acids is 2. The average Bonchev–Trinajstić information content (AvgIpc) is 2.93. The van der Waals surface area contributed by atoms with Crippen LogP contribution in [0.5, 0.6) is 5.75 Å². The molecule has 29 heavy (non-hydrogen) atoms. The summed E-state index contributed by atoms with van der Waals surface area (Å²) < 4.78 is 9.42. The Morgan fingerprint density at radius 1 is 0.862 bits per heavy atom. The van der Waals surface area contributed by atoms with Crippen LogP contribution in [0.15, 0.2) is 30.3 Å². The summed E-state index contributed by atoms with van der Waals surface area (Å²) in [5.74, 6) is -6.54. The Hall–Kier alpha value is -4.05. The summed E-state index contributed by atoms with van der Waals surface area (Å²) in [7, 11) is 0. The lowest BCUT2D eigenvalue weighted by atomic mass is 9.98. The second kappa shape index (κ2) is 7.17. The molecular formula is C18H7ClO10. The van der Waals surface area contributed by atoms with E-state index < -0.39 is 57.3 Å². The number of hydrogen-bond acceptors (Lipinski definition) is 8. The third kappa shape index (κ3) is 3.56. The van der Waals surface area contributed by atoms with Gasteiger partial charge in [0.1, 0.15) is 5.75 Å². The highest BCUT2D eigenvalue weighted by atomic mass is 35.5. The Labute approximate surface area is 165 Å². The summed E-state index contributed by atoms with van der Waals surface area (Å²) >= 11 is 5.29. The second-order valence-corrected chi connectivity index (χ2v) is 5.95. The minimum absolute atomic E-state index is 0.0268. The number of carboxylic acids is 2. The molecule has 0 aromatic heterocycles. The third-order valence-corrected chi connectivity index (χ3v) is 4.05. The molecule has 0 spiro atoms. The summed E-state index contributed by atoms with van der Waals surface area (Å²) in [6.45, 7) is 0. The van der Waals surface area contributed by atoms with Crippen molar-refractivity contribution in [3.8, 4) is 5.75 Å². The highest BCUT2D eigenvalue weighted by molar-refractivity contribution is 6.68. The predicted molar refractivity (Wildman–Crippen MR) is 91.7 cm³/mol. The van der Waals surface area contributed by atoms with E-state index in [0.717, 1.165) is 18.2 Å². The number of esters is 3. The molecule has 3 rings (SSSR count). The van der Waals surface area contributed by atoms with Crippen molar-refractivity contribution in [3.05, 3.63) is 63.7 Å². The first-order valence-electron chi connectivity index (χ1n) is 7.57. The van der Waals surface area contributed by atoms with Gasteiger partial charge in [0, 0.05) is 0 Å². The monoisotopic (exact) mass is 418 g/mol. The number of fused-ring (bicyclic) bond motifs is 1. The number of cyclic esters (lactones) is 2. The van der Waals surface area contributed by atoms with E-state index in [1.165, 1.54) is 12.1 Å². The molecule has 2 aromatic rings. The lowest BCUT2D eigenvalue weighted by Gasteiger charge is -2.10. The molecule has 0 saturated carbocycles. The Morgan fingerprint density at radius 3 is 1.93 bits per heavy atom. The molecular weight excluding hydrogens is 412 g/mol. The van der Waals surface area contributed by atoms with Crippen molar-refractivity contribution >= 4 is 46.7 Å². The summed E-state index contributed by atoms with van der Waals surface area (Å²) in [4.78, 5) is 69.6. The molecule has 1 aliphatic rings. The molecule has 1 aliphatic heterocycles. The van der Waals surface area contributed by atoms with Crippen molar-refractivity contribution in [1.29, 1.82) is 0 Å². The molecule has 2 N–H and O–H groups in total. The minimum atomic E-state index is -1.69. The first-order valence-corrected chi connectivity index (χ1v) is 7.95. The van der Waals surface area contributed by atoms with Crippen LogP contribution in [0.2, 0.25) is 0 Å². The highest BCUT2D eigenvalue weighted by Gasteiger charge is 2.31. The van der Waals surface area contributed by atoms with Crippen molar-refractivity contribution in [2.45, 2.75) is 0 Å². The lowest BCUT2D eigenvalue weighted by molar-refractivity contribution is 0.0441. The molecule has 0 saturated heterocycles. The Balaban J connectivity index is 2.02. The zero-order chi connectivity index (χ0) is 21.5. The molecule has 10 nitrogen and oxygen atoms in total. The lowest BCUT2D eigenvalue weighted by Crippen LogP contribution is -2.17. The standard InChI is InChI=1S/C18H7ClO10/c19-13(20)12-10(14(21)22)3-6(4-11(12)15(23)24)16(25)28-7-1-2-8-9(5-7)18(27)29-17(8)26/h1-5H,(H,21,22)(H,23,24). The van der Waals surface area contributed by atoms with E-state index >= 15 is 0 Å². The van der Waals surface area contributed by atoms with Gasteiger partial charge in [-0.3, -0.25) is 4.79 Å². The van der Waals surface area contributed by atoms with Gasteiger partial charge in [0.15, 0.2) is 0 Å². The fourth-order valence-corrected chi connectivity index (χ4v) is 2.81. The number of benzene rings is 2. The predicted octanol–water partition coefficient (Wildman–Crippen LogP) is 1.99.